The van der Waals surface area contributed by atoms with Gasteiger partial charge in [0.2, 0.25) is 0 Å². The molecule has 2 aromatic rings. The Morgan fingerprint density at radius 2 is 1.55 bits per heavy atom. The standard InChI is InChI=1S/C17H22N2O2S/c1-13(2)12-18-15-8-10-16(11-9-15)19-22(20,21)17-7-5-4-6-14(17)3/h4-11,13,18-19H,12H2,1-3H3. The van der Waals surface area contributed by atoms with Gasteiger partial charge in [-0.25, -0.2) is 8.42 Å². The fourth-order valence-electron chi connectivity index (χ4n) is 2.05. The van der Waals surface area contributed by atoms with E-state index < -0.39 is 10.0 Å². The van der Waals surface area contributed by atoms with Gasteiger partial charge in [0.25, 0.3) is 10.0 Å². The largest absolute Gasteiger partial charge is 0.385 e. The first-order valence-electron chi connectivity index (χ1n) is 7.31. The van der Waals surface area contributed by atoms with Crippen LogP contribution in [0.5, 0.6) is 0 Å². The van der Waals surface area contributed by atoms with Crippen molar-refractivity contribution < 1.29 is 8.42 Å². The van der Waals surface area contributed by atoms with Gasteiger partial charge in [-0.3, -0.25) is 4.72 Å². The lowest BCUT2D eigenvalue weighted by molar-refractivity contribution is 0.600. The summed E-state index contributed by atoms with van der Waals surface area (Å²) >= 11 is 0. The zero-order valence-electron chi connectivity index (χ0n) is 13.1. The van der Waals surface area contributed by atoms with Crippen LogP contribution >= 0.6 is 0 Å². The van der Waals surface area contributed by atoms with E-state index >= 15 is 0 Å². The Morgan fingerprint density at radius 1 is 0.955 bits per heavy atom. The molecule has 0 aliphatic rings. The molecule has 2 N–H and O–H groups in total. The van der Waals surface area contributed by atoms with Gasteiger partial charge in [0, 0.05) is 17.9 Å². The summed E-state index contributed by atoms with van der Waals surface area (Å²) in [6.07, 6.45) is 0. The lowest BCUT2D eigenvalue weighted by Crippen LogP contribution is -2.14. The summed E-state index contributed by atoms with van der Waals surface area (Å²) in [6.45, 7) is 6.94. The van der Waals surface area contributed by atoms with Crippen molar-refractivity contribution in [2.75, 3.05) is 16.6 Å². The maximum absolute atomic E-state index is 12.4. The van der Waals surface area contributed by atoms with Gasteiger partial charge >= 0.3 is 0 Å². The van der Waals surface area contributed by atoms with Gasteiger partial charge in [-0.15, -0.1) is 0 Å². The van der Waals surface area contributed by atoms with Gasteiger partial charge in [-0.1, -0.05) is 32.0 Å². The molecule has 4 nitrogen and oxygen atoms in total. The number of sulfonamides is 1. The van der Waals surface area contributed by atoms with Crippen LogP contribution in [0.2, 0.25) is 0 Å². The zero-order chi connectivity index (χ0) is 16.2. The van der Waals surface area contributed by atoms with Crippen molar-refractivity contribution in [1.29, 1.82) is 0 Å². The van der Waals surface area contributed by atoms with E-state index in [9.17, 15) is 8.42 Å². The van der Waals surface area contributed by atoms with Gasteiger partial charge in [-0.2, -0.15) is 0 Å². The first-order chi connectivity index (χ1) is 10.4. The van der Waals surface area contributed by atoms with Crippen molar-refractivity contribution in [3.63, 3.8) is 0 Å². The molecular formula is C17H22N2O2S. The number of hydrogen-bond acceptors (Lipinski definition) is 3. The molecule has 5 heteroatoms. The first kappa shape index (κ1) is 16.4. The third-order valence-electron chi connectivity index (χ3n) is 3.23. The number of rotatable bonds is 6. The molecule has 0 aromatic heterocycles. The molecule has 0 radical (unpaired) electrons. The van der Waals surface area contributed by atoms with E-state index in [0.29, 0.717) is 16.5 Å². The summed E-state index contributed by atoms with van der Waals surface area (Å²) in [5.74, 6) is 0.555. The average Bonchev–Trinajstić information content (AvgIpc) is 2.46. The van der Waals surface area contributed by atoms with Crippen LogP contribution in [0, 0.1) is 12.8 Å². The second-order valence-corrected chi connectivity index (χ2v) is 7.37. The normalized spacial score (nSPS) is 11.5. The number of nitrogens with one attached hydrogen (secondary N) is 2. The highest BCUT2D eigenvalue weighted by molar-refractivity contribution is 7.92. The molecule has 0 aliphatic carbocycles. The SMILES string of the molecule is Cc1ccccc1S(=O)(=O)Nc1ccc(NCC(C)C)cc1. The molecular weight excluding hydrogens is 296 g/mol. The summed E-state index contributed by atoms with van der Waals surface area (Å²) in [7, 11) is -3.55. The van der Waals surface area contributed by atoms with E-state index in [0.717, 1.165) is 17.8 Å². The number of benzene rings is 2. The average molecular weight is 318 g/mol. The third kappa shape index (κ3) is 4.24. The minimum absolute atomic E-state index is 0.303. The van der Waals surface area contributed by atoms with Crippen LogP contribution in [0.25, 0.3) is 0 Å². The first-order valence-corrected chi connectivity index (χ1v) is 8.79. The summed E-state index contributed by atoms with van der Waals surface area (Å²) in [4.78, 5) is 0.303. The highest BCUT2D eigenvalue weighted by Gasteiger charge is 2.16. The fourth-order valence-corrected chi connectivity index (χ4v) is 3.35. The zero-order valence-corrected chi connectivity index (χ0v) is 13.9. The quantitative estimate of drug-likeness (QED) is 0.850. The number of aryl methyl sites for hydroxylation is 1. The predicted molar refractivity (Wildman–Crippen MR) is 91.8 cm³/mol. The Morgan fingerprint density at radius 3 is 2.14 bits per heavy atom. The highest BCUT2D eigenvalue weighted by Crippen LogP contribution is 2.20. The minimum atomic E-state index is -3.55. The second kappa shape index (κ2) is 6.83. The molecule has 2 aromatic carbocycles. The van der Waals surface area contributed by atoms with Gasteiger partial charge in [0.1, 0.15) is 0 Å². The lowest BCUT2D eigenvalue weighted by Gasteiger charge is -2.12. The molecule has 0 unspecified atom stereocenters. The Kier molecular flexibility index (Phi) is 5.08. The Hall–Kier alpha value is -2.01. The molecule has 0 bridgehead atoms. The van der Waals surface area contributed by atoms with Crippen LogP contribution in [0.15, 0.2) is 53.4 Å². The van der Waals surface area contributed by atoms with Crippen molar-refractivity contribution in [3.8, 4) is 0 Å². The predicted octanol–water partition coefficient (Wildman–Crippen LogP) is 3.86. The molecule has 118 valence electrons. The fraction of sp³-hybridized carbons (Fsp3) is 0.294. The van der Waals surface area contributed by atoms with Crippen LogP contribution in [0.4, 0.5) is 11.4 Å². The van der Waals surface area contributed by atoms with Crippen molar-refractivity contribution in [1.82, 2.24) is 0 Å². The van der Waals surface area contributed by atoms with Gasteiger partial charge in [0.05, 0.1) is 4.90 Å². The van der Waals surface area contributed by atoms with Crippen LogP contribution < -0.4 is 10.0 Å². The summed E-state index contributed by atoms with van der Waals surface area (Å²) in [5, 5.41) is 3.30. The van der Waals surface area contributed by atoms with E-state index in [4.69, 9.17) is 0 Å². The molecule has 0 atom stereocenters. The van der Waals surface area contributed by atoms with E-state index in [1.54, 1.807) is 37.3 Å². The molecule has 0 fully saturated rings. The summed E-state index contributed by atoms with van der Waals surface area (Å²) < 4.78 is 27.4. The molecule has 0 spiro atoms. The van der Waals surface area contributed by atoms with E-state index in [1.807, 2.05) is 18.2 Å². The summed E-state index contributed by atoms with van der Waals surface area (Å²) in [5.41, 5.74) is 2.26. The molecule has 2 rings (SSSR count). The minimum Gasteiger partial charge on any atom is -0.385 e. The lowest BCUT2D eigenvalue weighted by atomic mass is 10.2. The van der Waals surface area contributed by atoms with E-state index in [-0.39, 0.29) is 0 Å². The number of anilines is 2. The number of hydrogen-bond donors (Lipinski definition) is 2. The maximum atomic E-state index is 12.4. The van der Waals surface area contributed by atoms with Crippen LogP contribution in [-0.2, 0) is 10.0 Å². The molecule has 22 heavy (non-hydrogen) atoms. The maximum Gasteiger partial charge on any atom is 0.262 e. The monoisotopic (exact) mass is 318 g/mol. The molecule has 0 amide bonds. The van der Waals surface area contributed by atoms with Gasteiger partial charge in [0.15, 0.2) is 0 Å². The van der Waals surface area contributed by atoms with Crippen molar-refractivity contribution in [2.24, 2.45) is 5.92 Å². The van der Waals surface area contributed by atoms with Crippen molar-refractivity contribution >= 4 is 21.4 Å². The van der Waals surface area contributed by atoms with Crippen molar-refractivity contribution in [3.05, 3.63) is 54.1 Å². The Bertz CT molecular complexity index is 723. The van der Waals surface area contributed by atoms with Gasteiger partial charge < -0.3 is 5.32 Å². The van der Waals surface area contributed by atoms with Crippen molar-refractivity contribution in [2.45, 2.75) is 25.7 Å². The second-order valence-electron chi connectivity index (χ2n) is 5.72. The smallest absolute Gasteiger partial charge is 0.262 e. The third-order valence-corrected chi connectivity index (χ3v) is 4.78. The molecule has 0 saturated carbocycles. The molecule has 0 saturated heterocycles. The van der Waals surface area contributed by atoms with Crippen LogP contribution in [-0.4, -0.2) is 15.0 Å². The summed E-state index contributed by atoms with van der Waals surface area (Å²) in [6, 6.07) is 14.2. The van der Waals surface area contributed by atoms with Crippen LogP contribution in [0.3, 0.4) is 0 Å². The van der Waals surface area contributed by atoms with Crippen LogP contribution in [0.1, 0.15) is 19.4 Å². The molecule has 0 aliphatic heterocycles. The Balaban J connectivity index is 2.12. The van der Waals surface area contributed by atoms with E-state index in [2.05, 4.69) is 23.9 Å². The Labute approximate surface area is 132 Å². The van der Waals surface area contributed by atoms with Gasteiger partial charge in [-0.05, 0) is 48.7 Å². The topological polar surface area (TPSA) is 58.2 Å². The highest BCUT2D eigenvalue weighted by atomic mass is 32.2. The molecule has 0 heterocycles. The van der Waals surface area contributed by atoms with E-state index in [1.165, 1.54) is 0 Å².